The summed E-state index contributed by atoms with van der Waals surface area (Å²) in [6, 6.07) is 4.25. The van der Waals surface area contributed by atoms with Crippen LogP contribution in [-0.2, 0) is 0 Å². The SMILES string of the molecule is COc1cc(C(O)C(Cl)(Cl)Cl)cc(C(O)C(Cl)(Cl)Cl)c1. The van der Waals surface area contributed by atoms with Crippen molar-refractivity contribution in [2.75, 3.05) is 7.11 Å². The lowest BCUT2D eigenvalue weighted by atomic mass is 10.0. The van der Waals surface area contributed by atoms with Gasteiger partial charge in [-0.05, 0) is 23.3 Å². The number of alkyl halides is 6. The number of benzene rings is 1. The van der Waals surface area contributed by atoms with E-state index >= 15 is 0 Å². The van der Waals surface area contributed by atoms with Crippen molar-refractivity contribution < 1.29 is 14.9 Å². The molecule has 0 amide bonds. The highest BCUT2D eigenvalue weighted by atomic mass is 35.6. The minimum atomic E-state index is -1.95. The van der Waals surface area contributed by atoms with E-state index in [0.717, 1.165) is 0 Å². The molecule has 0 radical (unpaired) electrons. The van der Waals surface area contributed by atoms with E-state index in [2.05, 4.69) is 0 Å². The van der Waals surface area contributed by atoms with E-state index < -0.39 is 19.8 Å². The van der Waals surface area contributed by atoms with Gasteiger partial charge in [0.2, 0.25) is 7.59 Å². The van der Waals surface area contributed by atoms with Gasteiger partial charge in [-0.25, -0.2) is 0 Å². The second-order valence-corrected chi connectivity index (χ2v) is 8.67. The van der Waals surface area contributed by atoms with Crippen LogP contribution in [0.2, 0.25) is 0 Å². The molecule has 0 aromatic heterocycles. The van der Waals surface area contributed by atoms with Gasteiger partial charge in [0, 0.05) is 0 Å². The third-order valence-corrected chi connectivity index (χ3v) is 3.68. The molecule has 0 aliphatic rings. The van der Waals surface area contributed by atoms with Crippen molar-refractivity contribution in [1.29, 1.82) is 0 Å². The number of halogens is 6. The molecule has 2 atom stereocenters. The molecule has 20 heavy (non-hydrogen) atoms. The van der Waals surface area contributed by atoms with Gasteiger partial charge in [-0.3, -0.25) is 0 Å². The molecule has 2 unspecified atom stereocenters. The van der Waals surface area contributed by atoms with E-state index in [0.29, 0.717) is 5.75 Å². The molecule has 0 heterocycles. The topological polar surface area (TPSA) is 49.7 Å². The third kappa shape index (κ3) is 4.85. The first-order chi connectivity index (χ1) is 8.96. The van der Waals surface area contributed by atoms with E-state index in [1.165, 1.54) is 25.3 Å². The van der Waals surface area contributed by atoms with Gasteiger partial charge in [0.25, 0.3) is 0 Å². The highest BCUT2D eigenvalue weighted by Crippen LogP contribution is 2.44. The first kappa shape index (κ1) is 18.7. The Hall–Kier alpha value is 0.680. The summed E-state index contributed by atoms with van der Waals surface area (Å²) in [5.41, 5.74) is 0.403. The number of methoxy groups -OCH3 is 1. The highest BCUT2D eigenvalue weighted by molar-refractivity contribution is 6.68. The maximum Gasteiger partial charge on any atom is 0.220 e. The number of hydrogen-bond donors (Lipinski definition) is 2. The lowest BCUT2D eigenvalue weighted by molar-refractivity contribution is 0.175. The van der Waals surface area contributed by atoms with Crippen LogP contribution in [0.1, 0.15) is 23.3 Å². The van der Waals surface area contributed by atoms with Gasteiger partial charge in [-0.15, -0.1) is 0 Å². The second-order valence-electron chi connectivity index (χ2n) is 3.93. The summed E-state index contributed by atoms with van der Waals surface area (Å²) in [5, 5.41) is 19.9. The molecule has 1 rings (SSSR count). The summed E-state index contributed by atoms with van der Waals surface area (Å²) in [6.45, 7) is 0. The van der Waals surface area contributed by atoms with Gasteiger partial charge in [-0.2, -0.15) is 0 Å². The number of rotatable bonds is 3. The van der Waals surface area contributed by atoms with Crippen molar-refractivity contribution in [2.24, 2.45) is 0 Å². The zero-order valence-electron chi connectivity index (χ0n) is 9.96. The van der Waals surface area contributed by atoms with Crippen LogP contribution in [0.4, 0.5) is 0 Å². The number of hydrogen-bond acceptors (Lipinski definition) is 3. The van der Waals surface area contributed by atoms with E-state index in [4.69, 9.17) is 74.3 Å². The van der Waals surface area contributed by atoms with Crippen LogP contribution in [0.3, 0.4) is 0 Å². The Morgan fingerprint density at radius 1 is 0.850 bits per heavy atom. The minimum Gasteiger partial charge on any atom is -0.497 e. The second kappa shape index (κ2) is 6.84. The van der Waals surface area contributed by atoms with Crippen LogP contribution in [0, 0.1) is 0 Å². The quantitative estimate of drug-likeness (QED) is 0.732. The van der Waals surface area contributed by atoms with Crippen molar-refractivity contribution in [1.82, 2.24) is 0 Å². The molecule has 0 saturated carbocycles. The Kier molecular flexibility index (Phi) is 6.41. The Labute approximate surface area is 146 Å². The molecule has 2 N–H and O–H groups in total. The van der Waals surface area contributed by atoms with Gasteiger partial charge in [-0.1, -0.05) is 75.7 Å². The molecule has 0 aliphatic carbocycles. The van der Waals surface area contributed by atoms with Crippen LogP contribution in [-0.4, -0.2) is 24.9 Å². The van der Waals surface area contributed by atoms with Crippen molar-refractivity contribution in [3.05, 3.63) is 29.3 Å². The first-order valence-electron chi connectivity index (χ1n) is 5.15. The molecule has 0 spiro atoms. The molecule has 114 valence electrons. The summed E-state index contributed by atoms with van der Waals surface area (Å²) >= 11 is 33.8. The van der Waals surface area contributed by atoms with Crippen LogP contribution in [0.15, 0.2) is 18.2 Å². The fourth-order valence-electron chi connectivity index (χ4n) is 1.46. The first-order valence-corrected chi connectivity index (χ1v) is 7.42. The Morgan fingerprint density at radius 3 is 1.45 bits per heavy atom. The van der Waals surface area contributed by atoms with E-state index in [1.807, 2.05) is 0 Å². The molecular formula is C11H10Cl6O3. The van der Waals surface area contributed by atoms with E-state index in [-0.39, 0.29) is 11.1 Å². The van der Waals surface area contributed by atoms with Gasteiger partial charge in [0.1, 0.15) is 18.0 Å². The molecule has 0 bridgehead atoms. The zero-order chi connectivity index (χ0) is 15.7. The normalized spacial score (nSPS) is 15.8. The predicted octanol–water partition coefficient (Wildman–Crippen LogP) is 4.50. The van der Waals surface area contributed by atoms with Crippen molar-refractivity contribution in [3.63, 3.8) is 0 Å². The number of ether oxygens (including phenoxy) is 1. The molecule has 0 aliphatic heterocycles. The summed E-state index contributed by atoms with van der Waals surface area (Å²) in [5.74, 6) is 0.305. The Balaban J connectivity index is 3.29. The summed E-state index contributed by atoms with van der Waals surface area (Å²) < 4.78 is 1.14. The highest BCUT2D eigenvalue weighted by Gasteiger charge is 2.36. The monoisotopic (exact) mass is 400 g/mol. The summed E-state index contributed by atoms with van der Waals surface area (Å²) in [4.78, 5) is 0. The molecule has 9 heteroatoms. The smallest absolute Gasteiger partial charge is 0.220 e. The van der Waals surface area contributed by atoms with Crippen LogP contribution >= 0.6 is 69.6 Å². The maximum absolute atomic E-state index is 9.95. The van der Waals surface area contributed by atoms with Gasteiger partial charge >= 0.3 is 0 Å². The molecule has 1 aromatic carbocycles. The van der Waals surface area contributed by atoms with Crippen LogP contribution in [0.25, 0.3) is 0 Å². The molecular weight excluding hydrogens is 393 g/mol. The lowest BCUT2D eigenvalue weighted by Crippen LogP contribution is -2.19. The Morgan fingerprint density at radius 2 is 1.20 bits per heavy atom. The maximum atomic E-state index is 9.95. The predicted molar refractivity (Wildman–Crippen MR) is 83.5 cm³/mol. The van der Waals surface area contributed by atoms with Gasteiger partial charge in [0.05, 0.1) is 7.11 Å². The number of aliphatic hydroxyl groups excluding tert-OH is 2. The van der Waals surface area contributed by atoms with Gasteiger partial charge in [0.15, 0.2) is 0 Å². The molecule has 1 aromatic rings. The standard InChI is InChI=1S/C11H10Cl6O3/c1-20-7-3-5(8(18)10(12,13)14)2-6(4-7)9(19)11(15,16)17/h2-4,8-9,18-19H,1H3. The summed E-state index contributed by atoms with van der Waals surface area (Å²) in [7, 11) is 1.40. The molecule has 0 saturated heterocycles. The van der Waals surface area contributed by atoms with Crippen LogP contribution < -0.4 is 4.74 Å². The van der Waals surface area contributed by atoms with Crippen LogP contribution in [0.5, 0.6) is 5.75 Å². The van der Waals surface area contributed by atoms with E-state index in [9.17, 15) is 10.2 Å². The third-order valence-electron chi connectivity index (χ3n) is 2.44. The molecule has 0 fully saturated rings. The van der Waals surface area contributed by atoms with E-state index in [1.54, 1.807) is 0 Å². The average Bonchev–Trinajstić information content (AvgIpc) is 2.34. The summed E-state index contributed by atoms with van der Waals surface area (Å²) in [6.07, 6.45) is -2.88. The van der Waals surface area contributed by atoms with Gasteiger partial charge < -0.3 is 14.9 Å². The molecule has 3 nitrogen and oxygen atoms in total. The zero-order valence-corrected chi connectivity index (χ0v) is 14.5. The fraction of sp³-hybridized carbons (Fsp3) is 0.455. The fourth-order valence-corrected chi connectivity index (χ4v) is 2.21. The Bertz CT molecular complexity index is 430. The largest absolute Gasteiger partial charge is 0.497 e. The average molecular weight is 403 g/mol. The minimum absolute atomic E-state index is 0.202. The van der Waals surface area contributed by atoms with Crippen molar-refractivity contribution in [2.45, 2.75) is 19.8 Å². The van der Waals surface area contributed by atoms with Crippen molar-refractivity contribution in [3.8, 4) is 5.75 Å². The lowest BCUT2D eigenvalue weighted by Gasteiger charge is -2.23. The number of aliphatic hydroxyl groups is 2. The van der Waals surface area contributed by atoms with Crippen molar-refractivity contribution >= 4 is 69.6 Å².